The SMILES string of the molecule is CC1COCCN1c1nc2c(c(-c3cccc4[nH]ccc34)n1)CCN(S(C)(=O)=O)C2. The maximum atomic E-state index is 12.2. The summed E-state index contributed by atoms with van der Waals surface area (Å²) in [6.07, 6.45) is 3.78. The molecule has 0 spiro atoms. The van der Waals surface area contributed by atoms with Crippen molar-refractivity contribution < 1.29 is 13.2 Å². The highest BCUT2D eigenvalue weighted by Gasteiger charge is 2.30. The molecule has 0 amide bonds. The number of rotatable bonds is 3. The first-order valence-corrected chi connectivity index (χ1v) is 12.0. The molecule has 30 heavy (non-hydrogen) atoms. The monoisotopic (exact) mass is 427 g/mol. The highest BCUT2D eigenvalue weighted by atomic mass is 32.2. The van der Waals surface area contributed by atoms with Gasteiger partial charge in [-0.3, -0.25) is 0 Å². The molecule has 1 N–H and O–H groups in total. The zero-order valence-electron chi connectivity index (χ0n) is 17.1. The molecule has 3 aromatic rings. The van der Waals surface area contributed by atoms with Crippen molar-refractivity contribution in [2.45, 2.75) is 25.9 Å². The van der Waals surface area contributed by atoms with Crippen molar-refractivity contribution in [1.82, 2.24) is 19.3 Å². The van der Waals surface area contributed by atoms with Crippen molar-refractivity contribution in [3.8, 4) is 11.3 Å². The summed E-state index contributed by atoms with van der Waals surface area (Å²) in [6, 6.07) is 8.35. The predicted molar refractivity (Wildman–Crippen MR) is 116 cm³/mol. The lowest BCUT2D eigenvalue weighted by molar-refractivity contribution is 0.0980. The lowest BCUT2D eigenvalue weighted by Gasteiger charge is -2.35. The van der Waals surface area contributed by atoms with Crippen LogP contribution in [0.3, 0.4) is 0 Å². The molecule has 158 valence electrons. The molecule has 2 aromatic heterocycles. The van der Waals surface area contributed by atoms with Gasteiger partial charge in [0.05, 0.1) is 43.4 Å². The minimum absolute atomic E-state index is 0.155. The van der Waals surface area contributed by atoms with Gasteiger partial charge in [0.1, 0.15) is 0 Å². The third kappa shape index (κ3) is 3.36. The smallest absolute Gasteiger partial charge is 0.226 e. The molecule has 0 bridgehead atoms. The first-order valence-electron chi connectivity index (χ1n) is 10.2. The van der Waals surface area contributed by atoms with Crippen LogP contribution in [0.5, 0.6) is 0 Å². The quantitative estimate of drug-likeness (QED) is 0.689. The normalized spacial score (nSPS) is 20.5. The largest absolute Gasteiger partial charge is 0.377 e. The van der Waals surface area contributed by atoms with Crippen LogP contribution in [0.15, 0.2) is 30.5 Å². The highest BCUT2D eigenvalue weighted by molar-refractivity contribution is 7.88. The Morgan fingerprint density at radius 1 is 1.20 bits per heavy atom. The first kappa shape index (κ1) is 19.5. The minimum Gasteiger partial charge on any atom is -0.377 e. The Morgan fingerprint density at radius 3 is 2.87 bits per heavy atom. The van der Waals surface area contributed by atoms with E-state index in [4.69, 9.17) is 14.7 Å². The molecule has 2 aliphatic rings. The van der Waals surface area contributed by atoms with Crippen LogP contribution in [-0.4, -0.2) is 66.3 Å². The molecule has 1 atom stereocenters. The molecule has 0 radical (unpaired) electrons. The Kier molecular flexibility index (Phi) is 4.76. The summed E-state index contributed by atoms with van der Waals surface area (Å²) < 4.78 is 31.4. The number of benzene rings is 1. The van der Waals surface area contributed by atoms with E-state index in [0.717, 1.165) is 33.4 Å². The number of sulfonamides is 1. The number of aromatic amines is 1. The molecule has 0 saturated carbocycles. The van der Waals surface area contributed by atoms with E-state index >= 15 is 0 Å². The average Bonchev–Trinajstić information content (AvgIpc) is 3.21. The maximum absolute atomic E-state index is 12.2. The lowest BCUT2D eigenvalue weighted by atomic mass is 9.97. The van der Waals surface area contributed by atoms with Gasteiger partial charge in [0.15, 0.2) is 0 Å². The fraction of sp³-hybridized carbons (Fsp3) is 0.429. The second kappa shape index (κ2) is 7.33. The minimum atomic E-state index is -3.29. The fourth-order valence-electron chi connectivity index (χ4n) is 4.34. The Morgan fingerprint density at radius 2 is 2.07 bits per heavy atom. The van der Waals surface area contributed by atoms with Gasteiger partial charge in [-0.1, -0.05) is 12.1 Å². The van der Waals surface area contributed by atoms with Crippen molar-refractivity contribution >= 4 is 26.9 Å². The van der Waals surface area contributed by atoms with E-state index < -0.39 is 10.0 Å². The molecular weight excluding hydrogens is 402 g/mol. The summed E-state index contributed by atoms with van der Waals surface area (Å²) in [7, 11) is -3.29. The molecule has 9 heteroatoms. The van der Waals surface area contributed by atoms with Crippen molar-refractivity contribution in [3.05, 3.63) is 41.7 Å². The molecule has 8 nitrogen and oxygen atoms in total. The number of nitrogens with one attached hydrogen (secondary N) is 1. The molecule has 0 aliphatic carbocycles. The number of aromatic nitrogens is 3. The van der Waals surface area contributed by atoms with Crippen molar-refractivity contribution in [2.24, 2.45) is 0 Å². The molecule has 2 aliphatic heterocycles. The van der Waals surface area contributed by atoms with Gasteiger partial charge in [0.2, 0.25) is 16.0 Å². The van der Waals surface area contributed by atoms with Crippen LogP contribution < -0.4 is 4.90 Å². The average molecular weight is 428 g/mol. The second-order valence-electron chi connectivity index (χ2n) is 8.01. The molecule has 1 fully saturated rings. The standard InChI is InChI=1S/C21H25N5O3S/c1-14-13-29-11-10-26(14)21-23-19-12-25(30(2,27)28)9-7-17(19)20(24-21)16-4-3-5-18-15(16)6-8-22-18/h3-6,8,14,22H,7,9-13H2,1-2H3. The first-order chi connectivity index (χ1) is 14.4. The third-order valence-corrected chi connectivity index (χ3v) is 7.21. The Hall–Kier alpha value is -2.49. The zero-order valence-corrected chi connectivity index (χ0v) is 17.9. The van der Waals surface area contributed by atoms with Crippen LogP contribution in [0, 0.1) is 0 Å². The molecule has 5 rings (SSSR count). The number of H-pyrrole nitrogens is 1. The summed E-state index contributed by atoms with van der Waals surface area (Å²) >= 11 is 0. The van der Waals surface area contributed by atoms with Gasteiger partial charge in [-0.05, 0) is 25.5 Å². The molecule has 1 saturated heterocycles. The lowest BCUT2D eigenvalue weighted by Crippen LogP contribution is -2.45. The number of hydrogen-bond acceptors (Lipinski definition) is 6. The van der Waals surface area contributed by atoms with Gasteiger partial charge in [0.25, 0.3) is 0 Å². The second-order valence-corrected chi connectivity index (χ2v) is 9.99. The fourth-order valence-corrected chi connectivity index (χ4v) is 5.12. The Balaban J connectivity index is 1.69. The van der Waals surface area contributed by atoms with E-state index in [-0.39, 0.29) is 12.6 Å². The van der Waals surface area contributed by atoms with E-state index in [1.807, 2.05) is 18.3 Å². The van der Waals surface area contributed by atoms with Crippen LogP contribution in [0.4, 0.5) is 5.95 Å². The molecule has 4 heterocycles. The Bertz CT molecular complexity index is 1210. The van der Waals surface area contributed by atoms with E-state index in [1.54, 1.807) is 0 Å². The summed E-state index contributed by atoms with van der Waals surface area (Å²) in [5.74, 6) is 0.641. The van der Waals surface area contributed by atoms with Crippen molar-refractivity contribution in [1.29, 1.82) is 0 Å². The van der Waals surface area contributed by atoms with E-state index in [0.29, 0.717) is 38.7 Å². The van der Waals surface area contributed by atoms with Gasteiger partial charge < -0.3 is 14.6 Å². The topological polar surface area (TPSA) is 91.4 Å². The van der Waals surface area contributed by atoms with Crippen molar-refractivity contribution in [3.63, 3.8) is 0 Å². The van der Waals surface area contributed by atoms with E-state index in [2.05, 4.69) is 28.9 Å². The predicted octanol–water partition coefficient (Wildman–Crippen LogP) is 2.17. The van der Waals surface area contributed by atoms with Gasteiger partial charge in [-0.25, -0.2) is 18.4 Å². The summed E-state index contributed by atoms with van der Waals surface area (Å²) in [5.41, 5.74) is 4.82. The number of ether oxygens (including phenoxy) is 1. The summed E-state index contributed by atoms with van der Waals surface area (Å²) in [4.78, 5) is 15.3. The molecular formula is C21H25N5O3S. The van der Waals surface area contributed by atoms with Crippen LogP contribution >= 0.6 is 0 Å². The van der Waals surface area contributed by atoms with Crippen LogP contribution in [0.25, 0.3) is 22.2 Å². The van der Waals surface area contributed by atoms with Crippen molar-refractivity contribution in [2.75, 3.05) is 37.5 Å². The van der Waals surface area contributed by atoms with Gasteiger partial charge in [0, 0.05) is 41.3 Å². The van der Waals surface area contributed by atoms with Crippen LogP contribution in [-0.2, 0) is 27.7 Å². The Labute approximate surface area is 175 Å². The number of hydrogen-bond donors (Lipinski definition) is 1. The van der Waals surface area contributed by atoms with Gasteiger partial charge in [-0.15, -0.1) is 0 Å². The van der Waals surface area contributed by atoms with E-state index in [1.165, 1.54) is 10.6 Å². The highest BCUT2D eigenvalue weighted by Crippen LogP contribution is 2.35. The third-order valence-electron chi connectivity index (χ3n) is 5.96. The zero-order chi connectivity index (χ0) is 20.9. The number of morpholine rings is 1. The van der Waals surface area contributed by atoms with Crippen LogP contribution in [0.1, 0.15) is 18.2 Å². The summed E-state index contributed by atoms with van der Waals surface area (Å²) in [6.45, 7) is 4.78. The number of fused-ring (bicyclic) bond motifs is 2. The van der Waals surface area contributed by atoms with Gasteiger partial charge >= 0.3 is 0 Å². The number of anilines is 1. The molecule has 1 aromatic carbocycles. The summed E-state index contributed by atoms with van der Waals surface area (Å²) in [5, 5.41) is 1.10. The van der Waals surface area contributed by atoms with Gasteiger partial charge in [-0.2, -0.15) is 4.31 Å². The van der Waals surface area contributed by atoms with E-state index in [9.17, 15) is 8.42 Å². The molecule has 1 unspecified atom stereocenters. The maximum Gasteiger partial charge on any atom is 0.226 e. The number of nitrogens with zero attached hydrogens (tertiary/aromatic N) is 4. The van der Waals surface area contributed by atoms with Crippen LogP contribution in [0.2, 0.25) is 0 Å².